The normalized spacial score (nSPS) is 10.0. The molecular formula is C10H24N4O4. The molecule has 0 saturated heterocycles. The van der Waals surface area contributed by atoms with Gasteiger partial charge in [0.25, 0.3) is 0 Å². The van der Waals surface area contributed by atoms with Crippen LogP contribution in [-0.4, -0.2) is 42.9 Å². The summed E-state index contributed by atoms with van der Waals surface area (Å²) in [5.41, 5.74) is 20.6. The van der Waals surface area contributed by atoms with Crippen molar-refractivity contribution in [2.24, 2.45) is 22.9 Å². The van der Waals surface area contributed by atoms with Crippen LogP contribution in [0.15, 0.2) is 0 Å². The highest BCUT2D eigenvalue weighted by atomic mass is 16.4. The number of carbonyl (C=O) groups excluding carboxylic acids is 2. The average Bonchev–Trinajstić information content (AvgIpc) is 2.35. The number of aliphatic carboxylic acids is 1. The quantitative estimate of drug-likeness (QED) is 0.336. The molecule has 0 aliphatic heterocycles. The fourth-order valence-electron chi connectivity index (χ4n) is 0.750. The van der Waals surface area contributed by atoms with Gasteiger partial charge in [-0.3, -0.25) is 4.79 Å². The lowest BCUT2D eigenvalue weighted by molar-refractivity contribution is -0.191. The van der Waals surface area contributed by atoms with E-state index in [-0.39, 0.29) is 6.15 Å². The molecule has 8 nitrogen and oxygen atoms in total. The van der Waals surface area contributed by atoms with Crippen LogP contribution in [0.25, 0.3) is 0 Å². The van der Waals surface area contributed by atoms with Gasteiger partial charge in [0.2, 0.25) is 0 Å². The molecule has 0 fully saturated rings. The van der Waals surface area contributed by atoms with Crippen molar-refractivity contribution in [1.29, 1.82) is 0 Å². The Morgan fingerprint density at radius 1 is 1.00 bits per heavy atom. The molecule has 8 heteroatoms. The number of unbranched alkanes of at least 4 members (excludes halogenated alkanes) is 1. The van der Waals surface area contributed by atoms with Crippen molar-refractivity contribution in [2.75, 3.05) is 19.6 Å². The molecule has 0 aliphatic rings. The van der Waals surface area contributed by atoms with Crippen LogP contribution in [-0.2, 0) is 14.4 Å². The van der Waals surface area contributed by atoms with E-state index in [0.29, 0.717) is 19.4 Å². The third-order valence-electron chi connectivity index (χ3n) is 1.69. The predicted molar refractivity (Wildman–Crippen MR) is 66.2 cm³/mol. The second kappa shape index (κ2) is 21.0. The van der Waals surface area contributed by atoms with Gasteiger partial charge in [0.1, 0.15) is 6.04 Å². The van der Waals surface area contributed by atoms with Gasteiger partial charge in [-0.05, 0) is 45.3 Å². The van der Waals surface area contributed by atoms with Crippen LogP contribution in [0.1, 0.15) is 25.7 Å². The van der Waals surface area contributed by atoms with Gasteiger partial charge in [-0.25, -0.2) is 0 Å². The second-order valence-corrected chi connectivity index (χ2v) is 3.24. The van der Waals surface area contributed by atoms with E-state index in [1.54, 1.807) is 0 Å². The first-order valence-electron chi connectivity index (χ1n) is 5.59. The highest BCUT2D eigenvalue weighted by Crippen LogP contribution is 1.91. The molecule has 9 N–H and O–H groups in total. The fourth-order valence-corrected chi connectivity index (χ4v) is 0.750. The molecule has 18 heavy (non-hydrogen) atoms. The Balaban J connectivity index is -0.000000216. The highest BCUT2D eigenvalue weighted by molar-refractivity contribution is 5.72. The fraction of sp³-hybridized carbons (Fsp3) is 0.800. The van der Waals surface area contributed by atoms with E-state index in [1.165, 1.54) is 0 Å². The van der Waals surface area contributed by atoms with Gasteiger partial charge >= 0.3 is 12.1 Å². The van der Waals surface area contributed by atoms with Gasteiger partial charge in [-0.2, -0.15) is 9.59 Å². The van der Waals surface area contributed by atoms with E-state index in [0.717, 1.165) is 25.9 Å². The van der Waals surface area contributed by atoms with Gasteiger partial charge in [0.05, 0.1) is 0 Å². The number of carboxylic acid groups (broad SMARTS) is 1. The summed E-state index contributed by atoms with van der Waals surface area (Å²) in [6.07, 6.45) is 3.52. The van der Waals surface area contributed by atoms with Crippen molar-refractivity contribution in [1.82, 2.24) is 0 Å². The number of hydrogen-bond acceptors (Lipinski definition) is 7. The van der Waals surface area contributed by atoms with Crippen molar-refractivity contribution in [3.63, 3.8) is 0 Å². The van der Waals surface area contributed by atoms with E-state index in [4.69, 9.17) is 37.6 Å². The lowest BCUT2D eigenvalue weighted by Gasteiger charge is -2.02. The summed E-state index contributed by atoms with van der Waals surface area (Å²) in [4.78, 5) is 26.3. The van der Waals surface area contributed by atoms with Crippen LogP contribution >= 0.6 is 0 Å². The molecule has 0 heterocycles. The number of carbonyl (C=O) groups is 1. The molecule has 0 unspecified atom stereocenters. The minimum absolute atomic E-state index is 0.250. The van der Waals surface area contributed by atoms with E-state index < -0.39 is 12.0 Å². The Kier molecular flexibility index (Phi) is 25.6. The summed E-state index contributed by atoms with van der Waals surface area (Å²) in [7, 11) is 0. The Morgan fingerprint density at radius 2 is 1.33 bits per heavy atom. The monoisotopic (exact) mass is 264 g/mol. The summed E-state index contributed by atoms with van der Waals surface area (Å²) in [5.74, 6) is -0.955. The van der Waals surface area contributed by atoms with E-state index >= 15 is 0 Å². The minimum Gasteiger partial charge on any atom is -0.480 e. The SMILES string of the molecule is NCCCCN.NCCC[C@H](N)C(=O)O.O=C=O. The first kappa shape index (κ1) is 21.9. The zero-order valence-corrected chi connectivity index (χ0v) is 10.5. The number of nitrogens with two attached hydrogens (primary N) is 4. The van der Waals surface area contributed by atoms with Crippen LogP contribution in [0.4, 0.5) is 0 Å². The van der Waals surface area contributed by atoms with E-state index in [2.05, 4.69) is 0 Å². The van der Waals surface area contributed by atoms with Crippen LogP contribution in [0.2, 0.25) is 0 Å². The predicted octanol–water partition coefficient (Wildman–Crippen LogP) is -1.76. The van der Waals surface area contributed by atoms with Crippen molar-refractivity contribution in [2.45, 2.75) is 31.7 Å². The summed E-state index contributed by atoms with van der Waals surface area (Å²) in [6.45, 7) is 2.05. The summed E-state index contributed by atoms with van der Waals surface area (Å²) < 4.78 is 0. The average molecular weight is 264 g/mol. The van der Waals surface area contributed by atoms with Crippen LogP contribution < -0.4 is 22.9 Å². The lowest BCUT2D eigenvalue weighted by atomic mass is 10.2. The molecule has 0 aromatic heterocycles. The molecule has 0 spiro atoms. The number of rotatable bonds is 7. The summed E-state index contributed by atoms with van der Waals surface area (Å²) in [6, 6.07) is -0.742. The molecule has 0 aromatic rings. The largest absolute Gasteiger partial charge is 0.480 e. The lowest BCUT2D eigenvalue weighted by Crippen LogP contribution is -2.30. The van der Waals surface area contributed by atoms with Crippen molar-refractivity contribution in [3.8, 4) is 0 Å². The maximum absolute atomic E-state index is 10.0. The molecule has 0 bridgehead atoms. The molecule has 0 radical (unpaired) electrons. The number of hydrogen-bond donors (Lipinski definition) is 5. The van der Waals surface area contributed by atoms with Gasteiger partial charge in [0.15, 0.2) is 0 Å². The zero-order chi connectivity index (χ0) is 14.8. The van der Waals surface area contributed by atoms with Crippen LogP contribution in [0.3, 0.4) is 0 Å². The third kappa shape index (κ3) is 29.3. The Labute approximate surface area is 107 Å². The van der Waals surface area contributed by atoms with Crippen molar-refractivity contribution in [3.05, 3.63) is 0 Å². The van der Waals surface area contributed by atoms with Crippen molar-refractivity contribution >= 4 is 12.1 Å². The Morgan fingerprint density at radius 3 is 1.56 bits per heavy atom. The maximum atomic E-state index is 10.0. The molecule has 0 saturated carbocycles. The van der Waals surface area contributed by atoms with E-state index in [1.807, 2.05) is 0 Å². The Hall–Kier alpha value is -1.31. The van der Waals surface area contributed by atoms with Gasteiger partial charge in [-0.1, -0.05) is 0 Å². The summed E-state index contributed by atoms with van der Waals surface area (Å²) >= 11 is 0. The molecule has 0 rings (SSSR count). The molecule has 0 aromatic carbocycles. The first-order valence-corrected chi connectivity index (χ1v) is 5.59. The molecule has 108 valence electrons. The highest BCUT2D eigenvalue weighted by Gasteiger charge is 2.08. The van der Waals surface area contributed by atoms with Crippen LogP contribution in [0, 0.1) is 0 Å². The smallest absolute Gasteiger partial charge is 0.373 e. The molecule has 0 aliphatic carbocycles. The van der Waals surface area contributed by atoms with Gasteiger partial charge < -0.3 is 28.0 Å². The van der Waals surface area contributed by atoms with Crippen LogP contribution in [0.5, 0.6) is 0 Å². The molecular weight excluding hydrogens is 240 g/mol. The standard InChI is InChI=1S/C5H12N2O2.C4H12N2.CO2/c6-3-1-2-4(7)5(8)9;5-3-1-2-4-6;2-1-3/h4H,1-3,6-7H2,(H,8,9);1-6H2;/t4-;;/m0../s1. The third-order valence-corrected chi connectivity index (χ3v) is 1.69. The zero-order valence-electron chi connectivity index (χ0n) is 10.5. The number of carboxylic acids is 1. The van der Waals surface area contributed by atoms with Crippen molar-refractivity contribution < 1.29 is 19.5 Å². The molecule has 1 atom stereocenters. The second-order valence-electron chi connectivity index (χ2n) is 3.24. The summed E-state index contributed by atoms with van der Waals surface area (Å²) in [5, 5.41) is 8.24. The first-order chi connectivity index (χ1) is 8.51. The molecule has 0 amide bonds. The Bertz CT molecular complexity index is 204. The van der Waals surface area contributed by atoms with Gasteiger partial charge in [0, 0.05) is 0 Å². The topological polar surface area (TPSA) is 176 Å². The maximum Gasteiger partial charge on any atom is 0.373 e. The minimum atomic E-state index is -0.955. The van der Waals surface area contributed by atoms with E-state index in [9.17, 15) is 4.79 Å². The van der Waals surface area contributed by atoms with Gasteiger partial charge in [-0.15, -0.1) is 0 Å².